The van der Waals surface area contributed by atoms with Gasteiger partial charge >= 0.3 is 0 Å². The van der Waals surface area contributed by atoms with Gasteiger partial charge in [0.1, 0.15) is 0 Å². The van der Waals surface area contributed by atoms with Gasteiger partial charge in [0, 0.05) is 35.7 Å². The van der Waals surface area contributed by atoms with Gasteiger partial charge in [-0.3, -0.25) is 9.59 Å². The molecule has 1 aliphatic carbocycles. The number of likely N-dealkylation sites (tertiary alicyclic amines) is 1. The van der Waals surface area contributed by atoms with Gasteiger partial charge in [-0.15, -0.1) is 0 Å². The molecule has 0 bridgehead atoms. The lowest BCUT2D eigenvalue weighted by Gasteiger charge is -2.44. The van der Waals surface area contributed by atoms with Crippen molar-refractivity contribution in [1.29, 1.82) is 0 Å². The van der Waals surface area contributed by atoms with Crippen LogP contribution in [-0.4, -0.2) is 44.0 Å². The highest BCUT2D eigenvalue weighted by atomic mass is 32.2. The molecule has 0 aromatic heterocycles. The number of benzene rings is 2. The molecular formula is C24H28N2O4S. The predicted molar refractivity (Wildman–Crippen MR) is 120 cm³/mol. The third-order valence-corrected chi connectivity index (χ3v) is 7.57. The number of anilines is 1. The van der Waals surface area contributed by atoms with Crippen molar-refractivity contribution in [3.63, 3.8) is 0 Å². The van der Waals surface area contributed by atoms with E-state index in [1.165, 1.54) is 49.9 Å². The number of nitrogens with zero attached hydrogens (tertiary/aromatic N) is 1. The van der Waals surface area contributed by atoms with E-state index in [0.29, 0.717) is 28.8 Å². The van der Waals surface area contributed by atoms with E-state index in [0.717, 1.165) is 25.6 Å². The molecule has 164 valence electrons. The number of amides is 2. The molecule has 2 atom stereocenters. The van der Waals surface area contributed by atoms with E-state index in [1.807, 2.05) is 0 Å². The summed E-state index contributed by atoms with van der Waals surface area (Å²) >= 11 is 0. The molecule has 2 amide bonds. The third-order valence-electron chi connectivity index (χ3n) is 6.44. The van der Waals surface area contributed by atoms with E-state index >= 15 is 0 Å². The Balaban J connectivity index is 1.42. The summed E-state index contributed by atoms with van der Waals surface area (Å²) < 4.78 is 23.1. The Morgan fingerprint density at radius 2 is 1.48 bits per heavy atom. The van der Waals surface area contributed by atoms with Crippen molar-refractivity contribution in [3.05, 3.63) is 59.7 Å². The summed E-state index contributed by atoms with van der Waals surface area (Å²) in [4.78, 5) is 27.8. The number of hydrogen-bond acceptors (Lipinski definition) is 4. The van der Waals surface area contributed by atoms with Gasteiger partial charge in [0.05, 0.1) is 4.90 Å². The number of sulfone groups is 1. The molecule has 1 N–H and O–H groups in total. The normalized spacial score (nSPS) is 21.3. The second-order valence-corrected chi connectivity index (χ2v) is 10.6. The molecule has 1 saturated carbocycles. The number of rotatable bonds is 4. The molecular weight excluding hydrogens is 412 g/mol. The Kier molecular flexibility index (Phi) is 6.14. The quantitative estimate of drug-likeness (QED) is 0.775. The molecule has 0 unspecified atom stereocenters. The summed E-state index contributed by atoms with van der Waals surface area (Å²) in [6.45, 7) is 0.821. The lowest BCUT2D eigenvalue weighted by Crippen LogP contribution is -2.49. The average molecular weight is 441 g/mol. The van der Waals surface area contributed by atoms with Crippen molar-refractivity contribution in [1.82, 2.24) is 4.90 Å². The summed E-state index contributed by atoms with van der Waals surface area (Å²) in [6.07, 6.45) is 8.22. The number of carbonyl (C=O) groups excluding carboxylic acids is 2. The minimum absolute atomic E-state index is 0.0749. The first-order chi connectivity index (χ1) is 14.8. The van der Waals surface area contributed by atoms with Crippen LogP contribution in [0.5, 0.6) is 0 Å². The largest absolute Gasteiger partial charge is 0.335 e. The molecule has 4 rings (SSSR count). The molecule has 6 nitrogen and oxygen atoms in total. The molecule has 1 aliphatic heterocycles. The van der Waals surface area contributed by atoms with Gasteiger partial charge in [-0.05, 0) is 80.1 Å². The van der Waals surface area contributed by atoms with Crippen LogP contribution in [0.1, 0.15) is 59.2 Å². The highest BCUT2D eigenvalue weighted by Crippen LogP contribution is 2.36. The lowest BCUT2D eigenvalue weighted by atomic mass is 9.78. The zero-order valence-corrected chi connectivity index (χ0v) is 18.5. The Bertz CT molecular complexity index is 1060. The fraction of sp³-hybridized carbons (Fsp3) is 0.417. The molecule has 1 saturated heterocycles. The SMILES string of the molecule is CS(=O)(=O)c1ccc(C(=O)Nc2ccc(C(=O)N3CCC[C@@H]4CCCC[C@@H]43)cc2)cc1. The van der Waals surface area contributed by atoms with Gasteiger partial charge in [0.15, 0.2) is 9.84 Å². The standard InChI is InChI=1S/C24H28N2O4S/c1-31(29,30)21-14-10-18(11-15-21)23(27)25-20-12-8-19(9-13-20)24(28)26-16-4-6-17-5-2-3-7-22(17)26/h8-15,17,22H,2-7,16H2,1H3,(H,25,27)/t17-,22-/m0/s1. The van der Waals surface area contributed by atoms with Gasteiger partial charge in [-0.25, -0.2) is 8.42 Å². The van der Waals surface area contributed by atoms with Crippen LogP contribution in [0.4, 0.5) is 5.69 Å². The summed E-state index contributed by atoms with van der Waals surface area (Å²) in [5, 5.41) is 2.79. The zero-order valence-electron chi connectivity index (χ0n) is 17.7. The van der Waals surface area contributed by atoms with Gasteiger partial charge in [0.2, 0.25) is 0 Å². The molecule has 2 aromatic carbocycles. The second kappa shape index (κ2) is 8.83. The van der Waals surface area contributed by atoms with Crippen molar-refractivity contribution in [3.8, 4) is 0 Å². The summed E-state index contributed by atoms with van der Waals surface area (Å²) in [5.74, 6) is 0.380. The first kappa shape index (κ1) is 21.6. The smallest absolute Gasteiger partial charge is 0.255 e. The first-order valence-electron chi connectivity index (χ1n) is 10.9. The maximum absolute atomic E-state index is 13.1. The molecule has 0 spiro atoms. The third kappa shape index (κ3) is 4.82. The Morgan fingerprint density at radius 3 is 2.16 bits per heavy atom. The molecule has 2 aliphatic rings. The van der Waals surface area contributed by atoms with Gasteiger partial charge in [-0.1, -0.05) is 12.8 Å². The van der Waals surface area contributed by atoms with E-state index in [2.05, 4.69) is 10.2 Å². The van der Waals surface area contributed by atoms with Crippen LogP contribution < -0.4 is 5.32 Å². The average Bonchev–Trinajstić information content (AvgIpc) is 2.78. The van der Waals surface area contributed by atoms with Crippen LogP contribution in [0.2, 0.25) is 0 Å². The molecule has 2 aromatic rings. The molecule has 2 fully saturated rings. The topological polar surface area (TPSA) is 83.5 Å². The Labute approximate surface area is 183 Å². The maximum atomic E-state index is 13.1. The number of hydrogen-bond donors (Lipinski definition) is 1. The number of nitrogens with one attached hydrogen (secondary N) is 1. The minimum Gasteiger partial charge on any atom is -0.335 e. The van der Waals surface area contributed by atoms with Crippen LogP contribution in [0.25, 0.3) is 0 Å². The van der Waals surface area contributed by atoms with Crippen LogP contribution in [0.3, 0.4) is 0 Å². The fourth-order valence-corrected chi connectivity index (χ4v) is 5.43. The predicted octanol–water partition coefficient (Wildman–Crippen LogP) is 4.14. The zero-order chi connectivity index (χ0) is 22.0. The highest BCUT2D eigenvalue weighted by Gasteiger charge is 2.35. The van der Waals surface area contributed by atoms with Gasteiger partial charge in [0.25, 0.3) is 11.8 Å². The fourth-order valence-electron chi connectivity index (χ4n) is 4.80. The number of piperidine rings is 1. The summed E-state index contributed by atoms with van der Waals surface area (Å²) in [6, 6.07) is 13.2. The second-order valence-electron chi connectivity index (χ2n) is 8.58. The number of fused-ring (bicyclic) bond motifs is 1. The van der Waals surface area contributed by atoms with Crippen LogP contribution >= 0.6 is 0 Å². The van der Waals surface area contributed by atoms with Crippen molar-refractivity contribution in [2.75, 3.05) is 18.1 Å². The van der Waals surface area contributed by atoms with Gasteiger partial charge in [-0.2, -0.15) is 0 Å². The Hall–Kier alpha value is -2.67. The summed E-state index contributed by atoms with van der Waals surface area (Å²) in [7, 11) is -3.30. The van der Waals surface area contributed by atoms with Crippen LogP contribution in [0, 0.1) is 5.92 Å². The molecule has 7 heteroatoms. The minimum atomic E-state index is -3.30. The van der Waals surface area contributed by atoms with E-state index in [1.54, 1.807) is 24.3 Å². The highest BCUT2D eigenvalue weighted by molar-refractivity contribution is 7.90. The first-order valence-corrected chi connectivity index (χ1v) is 12.7. The van der Waals surface area contributed by atoms with Crippen molar-refractivity contribution < 1.29 is 18.0 Å². The summed E-state index contributed by atoms with van der Waals surface area (Å²) in [5.41, 5.74) is 1.59. The lowest BCUT2D eigenvalue weighted by molar-refractivity contribution is 0.0390. The van der Waals surface area contributed by atoms with Crippen molar-refractivity contribution >= 4 is 27.3 Å². The van der Waals surface area contributed by atoms with Crippen molar-refractivity contribution in [2.45, 2.75) is 49.5 Å². The van der Waals surface area contributed by atoms with E-state index in [9.17, 15) is 18.0 Å². The van der Waals surface area contributed by atoms with Crippen LogP contribution in [0.15, 0.2) is 53.4 Å². The van der Waals surface area contributed by atoms with Crippen molar-refractivity contribution in [2.24, 2.45) is 5.92 Å². The van der Waals surface area contributed by atoms with E-state index in [-0.39, 0.29) is 16.7 Å². The maximum Gasteiger partial charge on any atom is 0.255 e. The van der Waals surface area contributed by atoms with Gasteiger partial charge < -0.3 is 10.2 Å². The van der Waals surface area contributed by atoms with Crippen LogP contribution in [-0.2, 0) is 9.84 Å². The number of carbonyl (C=O) groups is 2. The molecule has 1 heterocycles. The van der Waals surface area contributed by atoms with E-state index < -0.39 is 9.84 Å². The monoisotopic (exact) mass is 440 g/mol. The molecule has 31 heavy (non-hydrogen) atoms. The molecule has 0 radical (unpaired) electrons. The Morgan fingerprint density at radius 1 is 0.871 bits per heavy atom. The van der Waals surface area contributed by atoms with E-state index in [4.69, 9.17) is 0 Å².